The normalized spacial score (nSPS) is 17.8. The largest absolute Gasteiger partial charge is 0.444 e. The summed E-state index contributed by atoms with van der Waals surface area (Å²) in [5, 5.41) is 13.3. The number of carbonyl (C=O) groups excluding carboxylic acids is 2. The first kappa shape index (κ1) is 29.0. The van der Waals surface area contributed by atoms with Crippen LogP contribution < -0.4 is 10.6 Å². The number of benzene rings is 3. The van der Waals surface area contributed by atoms with Gasteiger partial charge in [-0.25, -0.2) is 4.79 Å². The number of hydrogen-bond acceptors (Lipinski definition) is 4. The summed E-state index contributed by atoms with van der Waals surface area (Å²) in [5.74, 6) is -0.125. The molecule has 0 saturated heterocycles. The SMILES string of the molecule is CC(N=[N+]=[N-])c1ccc2cc(C(=O)N[C@H]3CC[C@H](NC(=O)OC(C)(C)C)CC3)n(Cc3cccc4ccccc34)c2c1. The lowest BCUT2D eigenvalue weighted by Crippen LogP contribution is -2.45. The smallest absolute Gasteiger partial charge is 0.407 e. The minimum Gasteiger partial charge on any atom is -0.444 e. The average Bonchev–Trinajstić information content (AvgIpc) is 3.31. The van der Waals surface area contributed by atoms with Crippen molar-refractivity contribution in [2.75, 3.05) is 0 Å². The molecule has 1 heterocycles. The highest BCUT2D eigenvalue weighted by atomic mass is 16.6. The third-order valence-electron chi connectivity index (χ3n) is 7.86. The highest BCUT2D eigenvalue weighted by Gasteiger charge is 2.27. The molecule has 0 radical (unpaired) electrons. The molecule has 1 aromatic heterocycles. The minimum absolute atomic E-state index is 0.0127. The molecular weight excluding hydrogens is 528 g/mol. The van der Waals surface area contributed by atoms with Crippen molar-refractivity contribution in [1.29, 1.82) is 0 Å². The number of amides is 2. The van der Waals surface area contributed by atoms with Crippen LogP contribution in [0.1, 0.15) is 81.0 Å². The van der Waals surface area contributed by atoms with Crippen LogP contribution in [-0.2, 0) is 11.3 Å². The summed E-state index contributed by atoms with van der Waals surface area (Å²) in [6.07, 6.45) is 2.67. The second-order valence-electron chi connectivity index (χ2n) is 12.1. The van der Waals surface area contributed by atoms with Gasteiger partial charge in [-0.3, -0.25) is 4.79 Å². The molecule has 3 aromatic carbocycles. The van der Waals surface area contributed by atoms with Crippen LogP contribution in [-0.4, -0.2) is 34.3 Å². The molecule has 9 heteroatoms. The van der Waals surface area contributed by atoms with Crippen LogP contribution in [0.25, 0.3) is 32.1 Å². The molecule has 5 rings (SSSR count). The number of aromatic nitrogens is 1. The number of rotatable bonds is 7. The topological polar surface area (TPSA) is 121 Å². The number of alkyl carbamates (subject to hydrolysis) is 1. The molecular formula is C33H38N6O3. The monoisotopic (exact) mass is 566 g/mol. The van der Waals surface area contributed by atoms with E-state index in [-0.39, 0.29) is 24.0 Å². The molecule has 0 spiro atoms. The Morgan fingerprint density at radius 2 is 1.67 bits per heavy atom. The summed E-state index contributed by atoms with van der Waals surface area (Å²) in [7, 11) is 0. The second kappa shape index (κ2) is 12.2. The van der Waals surface area contributed by atoms with Gasteiger partial charge in [0.1, 0.15) is 11.3 Å². The lowest BCUT2D eigenvalue weighted by molar-refractivity contribution is 0.0488. The maximum absolute atomic E-state index is 13.8. The van der Waals surface area contributed by atoms with Crippen LogP contribution in [0.2, 0.25) is 0 Å². The fraction of sp³-hybridized carbons (Fsp3) is 0.394. The third kappa shape index (κ3) is 6.69. The molecule has 0 bridgehead atoms. The Balaban J connectivity index is 1.39. The average molecular weight is 567 g/mol. The highest BCUT2D eigenvalue weighted by molar-refractivity contribution is 5.99. The van der Waals surface area contributed by atoms with Crippen LogP contribution in [0.4, 0.5) is 4.79 Å². The third-order valence-corrected chi connectivity index (χ3v) is 7.86. The van der Waals surface area contributed by atoms with E-state index in [0.717, 1.165) is 58.5 Å². The Labute approximate surface area is 245 Å². The summed E-state index contributed by atoms with van der Waals surface area (Å²) < 4.78 is 7.46. The number of fused-ring (bicyclic) bond motifs is 2. The van der Waals surface area contributed by atoms with E-state index in [1.165, 1.54) is 0 Å². The first-order valence-corrected chi connectivity index (χ1v) is 14.6. The zero-order valence-corrected chi connectivity index (χ0v) is 24.6. The van der Waals surface area contributed by atoms with Gasteiger partial charge in [0.05, 0.1) is 6.04 Å². The van der Waals surface area contributed by atoms with Gasteiger partial charge in [-0.15, -0.1) is 0 Å². The summed E-state index contributed by atoms with van der Waals surface area (Å²) >= 11 is 0. The van der Waals surface area contributed by atoms with Gasteiger partial charge in [0, 0.05) is 34.4 Å². The van der Waals surface area contributed by atoms with Crippen molar-refractivity contribution in [2.45, 2.75) is 83.6 Å². The Hall–Kier alpha value is -4.49. The van der Waals surface area contributed by atoms with Crippen molar-refractivity contribution in [1.82, 2.24) is 15.2 Å². The maximum atomic E-state index is 13.8. The molecule has 1 atom stereocenters. The quantitative estimate of drug-likeness (QED) is 0.135. The zero-order chi connectivity index (χ0) is 29.9. The van der Waals surface area contributed by atoms with E-state index in [2.05, 4.69) is 49.5 Å². The lowest BCUT2D eigenvalue weighted by atomic mass is 9.91. The molecule has 1 fully saturated rings. The number of nitrogens with zero attached hydrogens (tertiary/aromatic N) is 4. The first-order valence-electron chi connectivity index (χ1n) is 14.6. The van der Waals surface area contributed by atoms with Gasteiger partial charge in [0.2, 0.25) is 0 Å². The Morgan fingerprint density at radius 1 is 0.976 bits per heavy atom. The number of carbonyl (C=O) groups is 2. The van der Waals surface area contributed by atoms with Gasteiger partial charge in [0.25, 0.3) is 5.91 Å². The molecule has 4 aromatic rings. The zero-order valence-electron chi connectivity index (χ0n) is 24.6. The summed E-state index contributed by atoms with van der Waals surface area (Å²) in [6.45, 7) is 7.92. The van der Waals surface area contributed by atoms with E-state index in [9.17, 15) is 9.59 Å². The number of nitrogens with one attached hydrogen (secondary N) is 2. The minimum atomic E-state index is -0.540. The van der Waals surface area contributed by atoms with E-state index < -0.39 is 11.7 Å². The van der Waals surface area contributed by atoms with Crippen molar-refractivity contribution in [3.05, 3.63) is 94.0 Å². The van der Waals surface area contributed by atoms with Gasteiger partial charge in [0.15, 0.2) is 0 Å². The van der Waals surface area contributed by atoms with Crippen molar-refractivity contribution in [3.8, 4) is 0 Å². The standard InChI is InChI=1S/C33H38N6O3/c1-21(37-38-34)23-12-13-24-19-30(31(40)35-26-14-16-27(17-15-26)36-32(41)42-33(2,3)4)39(29(24)18-23)20-25-10-7-9-22-8-5-6-11-28(22)25/h5-13,18-19,21,26-27H,14-17,20H2,1-4H3,(H,35,40)(H,36,41)/t21?,26-,27-. The Kier molecular flexibility index (Phi) is 8.41. The van der Waals surface area contributed by atoms with Gasteiger partial charge in [-0.05, 0) is 86.0 Å². The Morgan fingerprint density at radius 3 is 2.38 bits per heavy atom. The van der Waals surface area contributed by atoms with E-state index in [0.29, 0.717) is 12.2 Å². The molecule has 0 aliphatic heterocycles. The molecule has 2 amide bonds. The van der Waals surface area contributed by atoms with E-state index >= 15 is 0 Å². The fourth-order valence-electron chi connectivity index (χ4n) is 5.75. The van der Waals surface area contributed by atoms with Crippen molar-refractivity contribution in [3.63, 3.8) is 0 Å². The number of hydrogen-bond donors (Lipinski definition) is 2. The summed E-state index contributed by atoms with van der Waals surface area (Å²) in [4.78, 5) is 29.0. The van der Waals surface area contributed by atoms with Gasteiger partial charge in [-0.2, -0.15) is 0 Å². The second-order valence-corrected chi connectivity index (χ2v) is 12.1. The summed E-state index contributed by atoms with van der Waals surface area (Å²) in [6, 6.07) is 22.1. The predicted octanol–water partition coefficient (Wildman–Crippen LogP) is 7.78. The van der Waals surface area contributed by atoms with Crippen LogP contribution in [0.3, 0.4) is 0 Å². The van der Waals surface area contributed by atoms with Crippen molar-refractivity contribution < 1.29 is 14.3 Å². The molecule has 1 aliphatic carbocycles. The van der Waals surface area contributed by atoms with E-state index in [1.807, 2.05) is 70.2 Å². The molecule has 218 valence electrons. The molecule has 42 heavy (non-hydrogen) atoms. The number of ether oxygens (including phenoxy) is 1. The Bertz CT molecular complexity index is 1650. The predicted molar refractivity (Wildman–Crippen MR) is 165 cm³/mol. The lowest BCUT2D eigenvalue weighted by Gasteiger charge is -2.30. The molecule has 1 aliphatic rings. The van der Waals surface area contributed by atoms with E-state index in [1.54, 1.807) is 0 Å². The van der Waals surface area contributed by atoms with Crippen LogP contribution in [0.5, 0.6) is 0 Å². The highest BCUT2D eigenvalue weighted by Crippen LogP contribution is 2.29. The van der Waals surface area contributed by atoms with Crippen LogP contribution >= 0.6 is 0 Å². The van der Waals surface area contributed by atoms with Crippen LogP contribution in [0, 0.1) is 0 Å². The molecule has 1 unspecified atom stereocenters. The van der Waals surface area contributed by atoms with Gasteiger partial charge >= 0.3 is 6.09 Å². The fourth-order valence-corrected chi connectivity index (χ4v) is 5.75. The maximum Gasteiger partial charge on any atom is 0.407 e. The van der Waals surface area contributed by atoms with Crippen molar-refractivity contribution >= 4 is 33.7 Å². The van der Waals surface area contributed by atoms with Gasteiger partial charge < -0.3 is 19.9 Å². The number of azide groups is 1. The van der Waals surface area contributed by atoms with Gasteiger partial charge in [-0.1, -0.05) is 66.6 Å². The van der Waals surface area contributed by atoms with Crippen LogP contribution in [0.15, 0.2) is 71.8 Å². The first-order chi connectivity index (χ1) is 20.1. The molecule has 1 saturated carbocycles. The van der Waals surface area contributed by atoms with Crippen molar-refractivity contribution in [2.24, 2.45) is 5.11 Å². The summed E-state index contributed by atoms with van der Waals surface area (Å²) in [5.41, 5.74) is 11.9. The molecule has 9 nitrogen and oxygen atoms in total. The molecule has 2 N–H and O–H groups in total. The van der Waals surface area contributed by atoms with E-state index in [4.69, 9.17) is 10.3 Å².